The summed E-state index contributed by atoms with van der Waals surface area (Å²) in [5.74, 6) is 2.64. The minimum Gasteiger partial charge on any atom is -0.458 e. The Morgan fingerprint density at radius 2 is 1.59 bits per heavy atom. The third-order valence-electron chi connectivity index (χ3n) is 14.2. The maximum Gasteiger partial charge on any atom is 0.331 e. The van der Waals surface area contributed by atoms with E-state index in [0.717, 1.165) is 61.9 Å². The van der Waals surface area contributed by atoms with Gasteiger partial charge in [-0.3, -0.25) is 4.99 Å². The number of esters is 1. The molecule has 9 aliphatic rings. The number of aliphatic imine (C=N–C) groups is 1. The molecule has 39 heavy (non-hydrogen) atoms. The minimum absolute atomic E-state index is 0.0490. The van der Waals surface area contributed by atoms with Gasteiger partial charge in [-0.15, -0.1) is 0 Å². The van der Waals surface area contributed by atoms with Gasteiger partial charge in [-0.05, 0) is 131 Å². The first-order valence-corrected chi connectivity index (χ1v) is 16.1. The lowest BCUT2D eigenvalue weighted by atomic mass is 9.41. The van der Waals surface area contributed by atoms with Crippen molar-refractivity contribution in [2.75, 3.05) is 6.61 Å². The molecular weight excluding hydrogens is 490 g/mol. The maximum atomic E-state index is 12.7. The molecule has 0 aromatic rings. The highest BCUT2D eigenvalue weighted by molar-refractivity contribution is 5.85. The van der Waals surface area contributed by atoms with E-state index >= 15 is 0 Å². The van der Waals surface area contributed by atoms with Crippen LogP contribution >= 0.6 is 0 Å². The number of nitrogens with zero attached hydrogens (tertiary/aromatic N) is 1. The fourth-order valence-electron chi connectivity index (χ4n) is 12.8. The Labute approximate surface area is 232 Å². The normalized spacial score (nSPS) is 57.7. The Bertz CT molecular complexity index is 1100. The van der Waals surface area contributed by atoms with Gasteiger partial charge in [0.15, 0.2) is 0 Å². The molecule has 4 bridgehead atoms. The van der Waals surface area contributed by atoms with Gasteiger partial charge in [0.05, 0.1) is 22.8 Å². The van der Waals surface area contributed by atoms with E-state index in [-0.39, 0.29) is 34.7 Å². The number of carbonyl (C=O) groups excluding carboxylic acids is 1. The molecule has 6 nitrogen and oxygen atoms in total. The van der Waals surface area contributed by atoms with Crippen LogP contribution in [0.15, 0.2) is 16.6 Å². The molecule has 0 aromatic heterocycles. The van der Waals surface area contributed by atoms with Crippen molar-refractivity contribution in [3.63, 3.8) is 0 Å². The van der Waals surface area contributed by atoms with Crippen LogP contribution in [0.4, 0.5) is 0 Å². The van der Waals surface area contributed by atoms with E-state index in [9.17, 15) is 20.1 Å². The fraction of sp³-hybridized carbons (Fsp3) is 0.879. The molecule has 0 saturated heterocycles. The quantitative estimate of drug-likeness (QED) is 0.357. The molecule has 3 N–H and O–H groups in total. The molecule has 8 aliphatic carbocycles. The Kier molecular flexibility index (Phi) is 5.35. The summed E-state index contributed by atoms with van der Waals surface area (Å²) in [4.78, 5) is 17.5. The molecule has 1 aliphatic heterocycles. The Morgan fingerprint density at radius 1 is 0.897 bits per heavy atom. The highest BCUT2D eigenvalue weighted by Crippen LogP contribution is 2.70. The monoisotopic (exact) mass is 537 g/mol. The van der Waals surface area contributed by atoms with Gasteiger partial charge in [0.1, 0.15) is 6.61 Å². The van der Waals surface area contributed by atoms with E-state index in [0.29, 0.717) is 25.9 Å². The minimum atomic E-state index is -0.964. The summed E-state index contributed by atoms with van der Waals surface area (Å²) in [5, 5.41) is 35.8. The largest absolute Gasteiger partial charge is 0.458 e. The van der Waals surface area contributed by atoms with Crippen LogP contribution in [0.1, 0.15) is 103 Å². The molecule has 6 heteroatoms. The number of fused-ring (bicyclic) bond motifs is 5. The lowest BCUT2D eigenvalue weighted by Gasteiger charge is -2.66. The molecule has 8 fully saturated rings. The lowest BCUT2D eigenvalue weighted by molar-refractivity contribution is -0.237. The SMILES string of the molecule is CC12CCC3C(CCC4(O)CC(O)CCC34C=NC34CC5CC(CC(C5)C3)C4)C1(O)CCC2C1=CC(=O)OC1. The van der Waals surface area contributed by atoms with Crippen LogP contribution in [0.3, 0.4) is 0 Å². The predicted molar refractivity (Wildman–Crippen MR) is 147 cm³/mol. The molecule has 0 aromatic carbocycles. The van der Waals surface area contributed by atoms with Gasteiger partial charge in [0, 0.05) is 29.5 Å². The van der Waals surface area contributed by atoms with E-state index in [1.165, 1.54) is 38.5 Å². The van der Waals surface area contributed by atoms with Crippen molar-refractivity contribution in [2.24, 2.45) is 51.3 Å². The van der Waals surface area contributed by atoms with Crippen molar-refractivity contribution in [3.05, 3.63) is 11.6 Å². The molecule has 9 rings (SSSR count). The zero-order valence-electron chi connectivity index (χ0n) is 23.6. The number of hydrogen-bond acceptors (Lipinski definition) is 6. The first-order chi connectivity index (χ1) is 18.6. The molecular formula is C33H47NO5. The number of aliphatic hydroxyl groups excluding tert-OH is 1. The molecule has 1 heterocycles. The maximum absolute atomic E-state index is 12.7. The summed E-state index contributed by atoms with van der Waals surface area (Å²) < 4.78 is 5.30. The summed E-state index contributed by atoms with van der Waals surface area (Å²) in [6.07, 6.45) is 18.0. The predicted octanol–water partition coefficient (Wildman–Crippen LogP) is 4.74. The summed E-state index contributed by atoms with van der Waals surface area (Å²) >= 11 is 0. The Balaban J connectivity index is 1.16. The van der Waals surface area contributed by atoms with Gasteiger partial charge < -0.3 is 20.1 Å². The van der Waals surface area contributed by atoms with Gasteiger partial charge in [0.25, 0.3) is 0 Å². The molecule has 8 atom stereocenters. The van der Waals surface area contributed by atoms with Crippen LogP contribution in [-0.4, -0.2) is 57.0 Å². The first kappa shape index (κ1) is 25.5. The number of aliphatic hydroxyl groups is 3. The molecule has 214 valence electrons. The smallest absolute Gasteiger partial charge is 0.331 e. The lowest BCUT2D eigenvalue weighted by Crippen LogP contribution is -2.69. The van der Waals surface area contributed by atoms with Crippen molar-refractivity contribution in [3.8, 4) is 0 Å². The second kappa shape index (κ2) is 8.19. The second-order valence-electron chi connectivity index (χ2n) is 15.9. The summed E-state index contributed by atoms with van der Waals surface area (Å²) in [5.41, 5.74) is -1.47. The topological polar surface area (TPSA) is 99.4 Å². The Hall–Kier alpha value is -1.24. The first-order valence-electron chi connectivity index (χ1n) is 16.1. The van der Waals surface area contributed by atoms with Crippen LogP contribution in [0, 0.1) is 46.3 Å². The molecule has 0 spiro atoms. The highest BCUT2D eigenvalue weighted by Gasteiger charge is 2.71. The van der Waals surface area contributed by atoms with Crippen molar-refractivity contribution in [2.45, 2.75) is 126 Å². The van der Waals surface area contributed by atoms with Crippen LogP contribution in [0.2, 0.25) is 0 Å². The third-order valence-corrected chi connectivity index (χ3v) is 14.2. The summed E-state index contributed by atoms with van der Waals surface area (Å²) in [7, 11) is 0. The van der Waals surface area contributed by atoms with E-state index in [1.54, 1.807) is 6.08 Å². The zero-order chi connectivity index (χ0) is 26.8. The third kappa shape index (κ3) is 3.37. The van der Waals surface area contributed by atoms with Gasteiger partial charge in [0.2, 0.25) is 0 Å². The van der Waals surface area contributed by atoms with Gasteiger partial charge in [-0.2, -0.15) is 0 Å². The summed E-state index contributed by atoms with van der Waals surface area (Å²) in [6.45, 7) is 2.62. The van der Waals surface area contributed by atoms with E-state index in [4.69, 9.17) is 9.73 Å². The van der Waals surface area contributed by atoms with Crippen molar-refractivity contribution in [1.29, 1.82) is 0 Å². The van der Waals surface area contributed by atoms with Crippen LogP contribution in [0.25, 0.3) is 0 Å². The average molecular weight is 538 g/mol. The van der Waals surface area contributed by atoms with Crippen LogP contribution in [0.5, 0.6) is 0 Å². The average Bonchev–Trinajstić information content (AvgIpc) is 3.41. The molecule has 0 radical (unpaired) electrons. The van der Waals surface area contributed by atoms with Crippen LogP contribution in [-0.2, 0) is 9.53 Å². The number of rotatable bonds is 3. The van der Waals surface area contributed by atoms with E-state index < -0.39 is 22.7 Å². The van der Waals surface area contributed by atoms with Gasteiger partial charge in [-0.1, -0.05) is 6.92 Å². The van der Waals surface area contributed by atoms with E-state index in [1.807, 2.05) is 0 Å². The molecule has 8 unspecified atom stereocenters. The van der Waals surface area contributed by atoms with Crippen molar-refractivity contribution >= 4 is 12.2 Å². The van der Waals surface area contributed by atoms with Crippen molar-refractivity contribution < 1.29 is 24.9 Å². The van der Waals surface area contributed by atoms with Gasteiger partial charge >= 0.3 is 5.97 Å². The fourth-order valence-corrected chi connectivity index (χ4v) is 12.8. The standard InChI is InChI=1S/C33H47NO5/c1-29-6-3-26-27(33(29,38)9-5-25(29)23-13-28(36)39-18-23)4-8-32(37)17-24(35)2-7-31(26,32)19-34-30-14-20-10-21(15-30)12-22(11-20)16-30/h13,19-22,24-27,35,37-38H,2-12,14-18H2,1H3. The Morgan fingerprint density at radius 3 is 2.26 bits per heavy atom. The number of ether oxygens (including phenoxy) is 1. The van der Waals surface area contributed by atoms with Crippen molar-refractivity contribution in [1.82, 2.24) is 0 Å². The van der Waals surface area contributed by atoms with Crippen LogP contribution < -0.4 is 0 Å². The summed E-state index contributed by atoms with van der Waals surface area (Å²) in [6, 6.07) is 0. The van der Waals surface area contributed by atoms with Gasteiger partial charge in [-0.25, -0.2) is 4.79 Å². The number of cyclic esters (lactones) is 1. The van der Waals surface area contributed by atoms with E-state index in [2.05, 4.69) is 13.1 Å². The molecule has 0 amide bonds. The molecule has 8 saturated carbocycles. The zero-order valence-corrected chi connectivity index (χ0v) is 23.6. The highest BCUT2D eigenvalue weighted by atomic mass is 16.5. The number of carbonyl (C=O) groups is 1. The second-order valence-corrected chi connectivity index (χ2v) is 15.9. The number of hydrogen-bond donors (Lipinski definition) is 3.